The summed E-state index contributed by atoms with van der Waals surface area (Å²) >= 11 is 0. The van der Waals surface area contributed by atoms with Crippen molar-refractivity contribution in [3.8, 4) is 0 Å². The van der Waals surface area contributed by atoms with Crippen molar-refractivity contribution in [2.75, 3.05) is 26.7 Å². The van der Waals surface area contributed by atoms with Crippen LogP contribution < -0.4 is 5.32 Å². The minimum absolute atomic E-state index is 0.153. The minimum Gasteiger partial charge on any atom is -0.314 e. The molecule has 5 nitrogen and oxygen atoms in total. The molecule has 0 heterocycles. The number of nitrogens with one attached hydrogen (secondary N) is 1. The van der Waals surface area contributed by atoms with Crippen molar-refractivity contribution in [3.63, 3.8) is 0 Å². The van der Waals surface area contributed by atoms with Crippen LogP contribution in [0.15, 0.2) is 0 Å². The van der Waals surface area contributed by atoms with Gasteiger partial charge in [0.25, 0.3) is 10.2 Å². The van der Waals surface area contributed by atoms with E-state index in [2.05, 4.69) is 12.2 Å². The van der Waals surface area contributed by atoms with Crippen molar-refractivity contribution in [2.45, 2.75) is 65.0 Å². The van der Waals surface area contributed by atoms with Crippen LogP contribution in [0.4, 0.5) is 0 Å². The molecule has 0 aromatic rings. The van der Waals surface area contributed by atoms with Crippen molar-refractivity contribution in [2.24, 2.45) is 0 Å². The fourth-order valence-electron chi connectivity index (χ4n) is 2.91. The molecule has 120 valence electrons. The van der Waals surface area contributed by atoms with Crippen molar-refractivity contribution in [3.05, 3.63) is 0 Å². The Labute approximate surface area is 124 Å². The molecule has 0 spiro atoms. The van der Waals surface area contributed by atoms with E-state index < -0.39 is 10.2 Å². The first-order valence-electron chi connectivity index (χ1n) is 7.93. The molecule has 0 unspecified atom stereocenters. The van der Waals surface area contributed by atoms with Gasteiger partial charge < -0.3 is 5.32 Å². The number of nitrogens with zero attached hydrogens (tertiary/aromatic N) is 2. The van der Waals surface area contributed by atoms with E-state index in [4.69, 9.17) is 0 Å². The lowest BCUT2D eigenvalue weighted by molar-refractivity contribution is 0.237. The summed E-state index contributed by atoms with van der Waals surface area (Å²) in [6.45, 7) is 8.08. The Morgan fingerprint density at radius 1 is 1.05 bits per heavy atom. The van der Waals surface area contributed by atoms with Crippen LogP contribution in [0.5, 0.6) is 0 Å². The van der Waals surface area contributed by atoms with Gasteiger partial charge in [-0.05, 0) is 38.6 Å². The summed E-state index contributed by atoms with van der Waals surface area (Å²) in [5, 5.41) is 3.54. The maximum atomic E-state index is 12.5. The van der Waals surface area contributed by atoms with Crippen LogP contribution in [0.2, 0.25) is 0 Å². The smallest absolute Gasteiger partial charge is 0.281 e. The maximum Gasteiger partial charge on any atom is 0.281 e. The van der Waals surface area contributed by atoms with E-state index in [9.17, 15) is 8.42 Å². The Bertz CT molecular complexity index is 361. The molecule has 1 aliphatic carbocycles. The fraction of sp³-hybridized carbons (Fsp3) is 1.00. The molecule has 1 aliphatic rings. The van der Waals surface area contributed by atoms with Gasteiger partial charge in [-0.25, -0.2) is 0 Å². The molecule has 1 fully saturated rings. The molecule has 0 aromatic heterocycles. The monoisotopic (exact) mass is 305 g/mol. The van der Waals surface area contributed by atoms with E-state index in [0.717, 1.165) is 38.6 Å². The molecular weight excluding hydrogens is 274 g/mol. The second kappa shape index (κ2) is 8.32. The Morgan fingerprint density at radius 3 is 2.05 bits per heavy atom. The summed E-state index contributed by atoms with van der Waals surface area (Å²) in [6.07, 6.45) is 5.21. The highest BCUT2D eigenvalue weighted by Gasteiger charge is 2.32. The third-order valence-electron chi connectivity index (χ3n) is 4.29. The lowest BCUT2D eigenvalue weighted by atomic mass is 9.91. The normalized spacial score (nSPS) is 24.5. The first kappa shape index (κ1) is 17.9. The average Bonchev–Trinajstić information content (AvgIpc) is 2.46. The Kier molecular flexibility index (Phi) is 7.43. The van der Waals surface area contributed by atoms with Crippen molar-refractivity contribution < 1.29 is 8.42 Å². The zero-order valence-electron chi connectivity index (χ0n) is 13.4. The summed E-state index contributed by atoms with van der Waals surface area (Å²) in [7, 11) is -1.55. The molecule has 0 amide bonds. The zero-order chi connectivity index (χ0) is 15.2. The molecule has 1 rings (SSSR count). The van der Waals surface area contributed by atoms with E-state index in [0.29, 0.717) is 19.1 Å². The summed E-state index contributed by atoms with van der Waals surface area (Å²) in [6, 6.07) is 0.719. The Balaban J connectivity index is 2.56. The van der Waals surface area contributed by atoms with Crippen LogP contribution in [0.25, 0.3) is 0 Å². The third kappa shape index (κ3) is 4.41. The van der Waals surface area contributed by atoms with Gasteiger partial charge in [0.1, 0.15) is 0 Å². The molecule has 1 saturated carbocycles. The van der Waals surface area contributed by atoms with Crippen LogP contribution in [-0.4, -0.2) is 55.8 Å². The van der Waals surface area contributed by atoms with Gasteiger partial charge in [-0.1, -0.05) is 20.8 Å². The first-order chi connectivity index (χ1) is 9.47. The fourth-order valence-corrected chi connectivity index (χ4v) is 4.52. The molecule has 0 radical (unpaired) electrons. The van der Waals surface area contributed by atoms with E-state index in [1.807, 2.05) is 13.8 Å². The van der Waals surface area contributed by atoms with Gasteiger partial charge in [-0.2, -0.15) is 17.0 Å². The molecule has 0 aromatic carbocycles. The van der Waals surface area contributed by atoms with Gasteiger partial charge >= 0.3 is 0 Å². The predicted molar refractivity (Wildman–Crippen MR) is 83.9 cm³/mol. The number of hydrogen-bond donors (Lipinski definition) is 1. The highest BCUT2D eigenvalue weighted by molar-refractivity contribution is 7.86. The highest BCUT2D eigenvalue weighted by atomic mass is 32.2. The molecule has 0 saturated heterocycles. The molecule has 1 N–H and O–H groups in total. The third-order valence-corrected chi connectivity index (χ3v) is 6.48. The lowest BCUT2D eigenvalue weighted by Crippen LogP contribution is -2.48. The SMILES string of the molecule is CCCNC1CCC(N(C)S(=O)(=O)N(CC)CC)CC1. The van der Waals surface area contributed by atoms with Crippen LogP contribution in [0, 0.1) is 0 Å². The summed E-state index contributed by atoms with van der Waals surface area (Å²) < 4.78 is 28.1. The number of hydrogen-bond acceptors (Lipinski definition) is 3. The summed E-state index contributed by atoms with van der Waals surface area (Å²) in [4.78, 5) is 0. The Hall–Kier alpha value is -0.170. The van der Waals surface area contributed by atoms with E-state index in [1.54, 1.807) is 11.4 Å². The maximum absolute atomic E-state index is 12.5. The molecule has 6 heteroatoms. The van der Waals surface area contributed by atoms with Crippen LogP contribution >= 0.6 is 0 Å². The van der Waals surface area contributed by atoms with E-state index in [-0.39, 0.29) is 6.04 Å². The van der Waals surface area contributed by atoms with Crippen molar-refractivity contribution in [1.82, 2.24) is 13.9 Å². The largest absolute Gasteiger partial charge is 0.314 e. The number of rotatable bonds is 8. The van der Waals surface area contributed by atoms with Crippen LogP contribution in [0.3, 0.4) is 0 Å². The van der Waals surface area contributed by atoms with Gasteiger partial charge in [-0.3, -0.25) is 0 Å². The van der Waals surface area contributed by atoms with E-state index >= 15 is 0 Å². The molecule has 20 heavy (non-hydrogen) atoms. The van der Waals surface area contributed by atoms with Crippen molar-refractivity contribution in [1.29, 1.82) is 0 Å². The second-order valence-corrected chi connectivity index (χ2v) is 7.56. The minimum atomic E-state index is -3.29. The summed E-state index contributed by atoms with van der Waals surface area (Å²) in [5.74, 6) is 0. The van der Waals surface area contributed by atoms with Gasteiger partial charge in [0.15, 0.2) is 0 Å². The van der Waals surface area contributed by atoms with Gasteiger partial charge in [-0.15, -0.1) is 0 Å². The van der Waals surface area contributed by atoms with Crippen molar-refractivity contribution >= 4 is 10.2 Å². The zero-order valence-corrected chi connectivity index (χ0v) is 14.2. The average molecular weight is 305 g/mol. The quantitative estimate of drug-likeness (QED) is 0.744. The second-order valence-electron chi connectivity index (χ2n) is 5.57. The molecule has 0 aliphatic heterocycles. The molecular formula is C14H31N3O2S. The molecule has 0 bridgehead atoms. The molecule has 0 atom stereocenters. The lowest BCUT2D eigenvalue weighted by Gasteiger charge is -2.36. The van der Waals surface area contributed by atoms with Gasteiger partial charge in [0, 0.05) is 32.2 Å². The van der Waals surface area contributed by atoms with Gasteiger partial charge in [0.05, 0.1) is 0 Å². The first-order valence-corrected chi connectivity index (χ1v) is 9.33. The Morgan fingerprint density at radius 2 is 1.60 bits per heavy atom. The standard InChI is InChI=1S/C14H31N3O2S/c1-5-12-15-13-8-10-14(11-9-13)16(4)20(18,19)17(6-2)7-3/h13-15H,5-12H2,1-4H3. The predicted octanol–water partition coefficient (Wildman–Crippen LogP) is 1.82. The van der Waals surface area contributed by atoms with Crippen LogP contribution in [0.1, 0.15) is 52.9 Å². The highest BCUT2D eigenvalue weighted by Crippen LogP contribution is 2.25. The van der Waals surface area contributed by atoms with Gasteiger partial charge in [0.2, 0.25) is 0 Å². The topological polar surface area (TPSA) is 52.7 Å². The van der Waals surface area contributed by atoms with E-state index in [1.165, 1.54) is 4.31 Å². The summed E-state index contributed by atoms with van der Waals surface area (Å²) in [5.41, 5.74) is 0. The van der Waals surface area contributed by atoms with Crippen LogP contribution in [-0.2, 0) is 10.2 Å².